The zero-order chi connectivity index (χ0) is 11.2. The molecule has 0 atom stereocenters. The molecule has 3 rings (SSSR count). The van der Waals surface area contributed by atoms with Crippen LogP contribution in [0.25, 0.3) is 0 Å². The molecule has 1 N–H and O–H groups in total. The smallest absolute Gasteiger partial charge is 0.125 e. The lowest BCUT2D eigenvalue weighted by Crippen LogP contribution is -2.09. The summed E-state index contributed by atoms with van der Waals surface area (Å²) in [5.41, 5.74) is 0.185. The zero-order valence-corrected chi connectivity index (χ0v) is 9.83. The fourth-order valence-corrected chi connectivity index (χ4v) is 2.04. The number of rotatable bonds is 4. The molecule has 2 saturated carbocycles. The predicted molar refractivity (Wildman–Crippen MR) is 62.8 cm³/mol. The SMILES string of the molecule is OC1(c2cc(Cl)ccc2OCC2CC2)CC1. The monoisotopic (exact) mass is 238 g/mol. The Balaban J connectivity index is 1.83. The Morgan fingerprint density at radius 2 is 2.12 bits per heavy atom. The van der Waals surface area contributed by atoms with Crippen LogP contribution in [0, 0.1) is 5.92 Å². The molecule has 2 aliphatic carbocycles. The maximum Gasteiger partial charge on any atom is 0.125 e. The number of hydrogen-bond acceptors (Lipinski definition) is 2. The Labute approximate surface area is 100 Å². The van der Waals surface area contributed by atoms with Crippen molar-refractivity contribution in [1.82, 2.24) is 0 Å². The molecule has 0 heterocycles. The van der Waals surface area contributed by atoms with Gasteiger partial charge in [-0.15, -0.1) is 0 Å². The summed E-state index contributed by atoms with van der Waals surface area (Å²) in [4.78, 5) is 0. The number of benzene rings is 1. The van der Waals surface area contributed by atoms with Gasteiger partial charge in [0.05, 0.1) is 12.2 Å². The van der Waals surface area contributed by atoms with Crippen molar-refractivity contribution in [2.24, 2.45) is 5.92 Å². The first-order valence-corrected chi connectivity index (χ1v) is 6.20. The first kappa shape index (κ1) is 10.4. The van der Waals surface area contributed by atoms with Gasteiger partial charge in [-0.25, -0.2) is 0 Å². The standard InChI is InChI=1S/C13H15ClO2/c14-10-3-4-12(16-8-9-1-2-9)11(7-10)13(15)5-6-13/h3-4,7,9,15H,1-2,5-6,8H2. The molecule has 0 aromatic heterocycles. The summed E-state index contributed by atoms with van der Waals surface area (Å²) in [6, 6.07) is 5.52. The van der Waals surface area contributed by atoms with Crippen LogP contribution >= 0.6 is 11.6 Å². The number of ether oxygens (including phenoxy) is 1. The Morgan fingerprint density at radius 3 is 2.75 bits per heavy atom. The zero-order valence-electron chi connectivity index (χ0n) is 9.08. The first-order valence-electron chi connectivity index (χ1n) is 5.83. The third-order valence-corrected chi connectivity index (χ3v) is 3.57. The Morgan fingerprint density at radius 1 is 1.38 bits per heavy atom. The third kappa shape index (κ3) is 2.04. The van der Waals surface area contributed by atoms with Crippen LogP contribution in [-0.4, -0.2) is 11.7 Å². The maximum atomic E-state index is 10.1. The van der Waals surface area contributed by atoms with Gasteiger partial charge in [-0.3, -0.25) is 0 Å². The van der Waals surface area contributed by atoms with Gasteiger partial charge in [0.25, 0.3) is 0 Å². The van der Waals surface area contributed by atoms with Gasteiger partial charge in [-0.05, 0) is 49.8 Å². The Hall–Kier alpha value is -0.730. The molecule has 2 aliphatic rings. The summed E-state index contributed by atoms with van der Waals surface area (Å²) >= 11 is 5.96. The highest BCUT2D eigenvalue weighted by Gasteiger charge is 2.44. The van der Waals surface area contributed by atoms with Crippen LogP contribution < -0.4 is 4.74 Å². The molecule has 86 valence electrons. The van der Waals surface area contributed by atoms with Crippen LogP contribution in [0.15, 0.2) is 18.2 Å². The summed E-state index contributed by atoms with van der Waals surface area (Å²) in [5, 5.41) is 10.8. The summed E-state index contributed by atoms with van der Waals surface area (Å²) in [6.45, 7) is 0.769. The lowest BCUT2D eigenvalue weighted by Gasteiger charge is -2.15. The van der Waals surface area contributed by atoms with E-state index in [2.05, 4.69) is 0 Å². The van der Waals surface area contributed by atoms with Crippen LogP contribution in [0.5, 0.6) is 5.75 Å². The maximum absolute atomic E-state index is 10.1. The predicted octanol–water partition coefficient (Wildman–Crippen LogP) is 3.11. The van der Waals surface area contributed by atoms with E-state index in [1.807, 2.05) is 18.2 Å². The fraction of sp³-hybridized carbons (Fsp3) is 0.538. The van der Waals surface area contributed by atoms with E-state index in [4.69, 9.17) is 16.3 Å². The van der Waals surface area contributed by atoms with Gasteiger partial charge < -0.3 is 9.84 Å². The molecule has 0 unspecified atom stereocenters. The quantitative estimate of drug-likeness (QED) is 0.874. The van der Waals surface area contributed by atoms with Crippen molar-refractivity contribution >= 4 is 11.6 Å². The number of halogens is 1. The van der Waals surface area contributed by atoms with E-state index in [1.54, 1.807) is 0 Å². The second-order valence-electron chi connectivity index (χ2n) is 4.93. The highest BCUT2D eigenvalue weighted by Crippen LogP contribution is 2.49. The van der Waals surface area contributed by atoms with E-state index in [-0.39, 0.29) is 0 Å². The average Bonchev–Trinajstić information content (AvgIpc) is 3.13. The van der Waals surface area contributed by atoms with Crippen LogP contribution in [0.2, 0.25) is 5.02 Å². The van der Waals surface area contributed by atoms with Crippen molar-refractivity contribution in [2.45, 2.75) is 31.3 Å². The summed E-state index contributed by atoms with van der Waals surface area (Å²) in [6.07, 6.45) is 4.17. The van der Waals surface area contributed by atoms with Gasteiger partial charge in [-0.1, -0.05) is 11.6 Å². The molecular weight excluding hydrogens is 224 g/mol. The summed E-state index contributed by atoms with van der Waals surface area (Å²) in [7, 11) is 0. The molecule has 1 aromatic carbocycles. The van der Waals surface area contributed by atoms with Crippen LogP contribution in [-0.2, 0) is 5.60 Å². The van der Waals surface area contributed by atoms with Crippen molar-refractivity contribution in [3.05, 3.63) is 28.8 Å². The van der Waals surface area contributed by atoms with E-state index >= 15 is 0 Å². The molecule has 1 aromatic rings. The molecule has 0 radical (unpaired) electrons. The van der Waals surface area contributed by atoms with E-state index in [0.717, 1.165) is 36.7 Å². The summed E-state index contributed by atoms with van der Waals surface area (Å²) in [5.74, 6) is 1.52. The van der Waals surface area contributed by atoms with E-state index < -0.39 is 5.60 Å². The van der Waals surface area contributed by atoms with E-state index in [0.29, 0.717) is 5.02 Å². The number of aliphatic hydroxyl groups is 1. The van der Waals surface area contributed by atoms with Crippen LogP contribution in [0.3, 0.4) is 0 Å². The largest absolute Gasteiger partial charge is 0.493 e. The molecule has 0 bridgehead atoms. The molecule has 3 heteroatoms. The lowest BCUT2D eigenvalue weighted by molar-refractivity contribution is 0.145. The van der Waals surface area contributed by atoms with E-state index in [1.165, 1.54) is 12.8 Å². The second kappa shape index (κ2) is 3.64. The van der Waals surface area contributed by atoms with E-state index in [9.17, 15) is 5.11 Å². The van der Waals surface area contributed by atoms with Crippen molar-refractivity contribution in [2.75, 3.05) is 6.61 Å². The molecule has 0 saturated heterocycles. The van der Waals surface area contributed by atoms with Gasteiger partial charge in [0.15, 0.2) is 0 Å². The normalized spacial score (nSPS) is 21.9. The van der Waals surface area contributed by atoms with Gasteiger partial charge in [0, 0.05) is 10.6 Å². The topological polar surface area (TPSA) is 29.5 Å². The third-order valence-electron chi connectivity index (χ3n) is 3.34. The average molecular weight is 239 g/mol. The molecule has 2 fully saturated rings. The van der Waals surface area contributed by atoms with Crippen molar-refractivity contribution < 1.29 is 9.84 Å². The fourth-order valence-electron chi connectivity index (χ4n) is 1.87. The molecule has 0 amide bonds. The minimum Gasteiger partial charge on any atom is -0.493 e. The van der Waals surface area contributed by atoms with Crippen molar-refractivity contribution in [3.8, 4) is 5.75 Å². The van der Waals surface area contributed by atoms with Crippen LogP contribution in [0.1, 0.15) is 31.2 Å². The molecule has 16 heavy (non-hydrogen) atoms. The summed E-state index contributed by atoms with van der Waals surface area (Å²) < 4.78 is 5.76. The molecule has 0 aliphatic heterocycles. The Bertz CT molecular complexity index is 408. The minimum absolute atomic E-state index is 0.661. The Kier molecular flexibility index (Phi) is 2.37. The van der Waals surface area contributed by atoms with Gasteiger partial charge in [0.2, 0.25) is 0 Å². The minimum atomic E-state index is -0.677. The van der Waals surface area contributed by atoms with Gasteiger partial charge in [0.1, 0.15) is 5.75 Å². The second-order valence-corrected chi connectivity index (χ2v) is 5.36. The van der Waals surface area contributed by atoms with Crippen molar-refractivity contribution in [3.63, 3.8) is 0 Å². The number of hydrogen-bond donors (Lipinski definition) is 1. The van der Waals surface area contributed by atoms with Gasteiger partial charge >= 0.3 is 0 Å². The first-order chi connectivity index (χ1) is 7.67. The molecule has 2 nitrogen and oxygen atoms in total. The molecular formula is C13H15ClO2. The molecule has 0 spiro atoms. The van der Waals surface area contributed by atoms with Crippen LogP contribution in [0.4, 0.5) is 0 Å². The highest BCUT2D eigenvalue weighted by molar-refractivity contribution is 6.30. The lowest BCUT2D eigenvalue weighted by atomic mass is 10.1. The van der Waals surface area contributed by atoms with Gasteiger partial charge in [-0.2, -0.15) is 0 Å². The highest BCUT2D eigenvalue weighted by atomic mass is 35.5. The van der Waals surface area contributed by atoms with Crippen molar-refractivity contribution in [1.29, 1.82) is 0 Å².